The molecule has 0 radical (unpaired) electrons. The lowest BCUT2D eigenvalue weighted by Crippen LogP contribution is -2.12. The summed E-state index contributed by atoms with van der Waals surface area (Å²) >= 11 is 0. The molecule has 4 heteroatoms. The van der Waals surface area contributed by atoms with E-state index in [2.05, 4.69) is 10.3 Å². The quantitative estimate of drug-likeness (QED) is 0.835. The maximum atomic E-state index is 10.0. The summed E-state index contributed by atoms with van der Waals surface area (Å²) in [5.74, 6) is 0.747. The number of hydrogen-bond donors (Lipinski definition) is 2. The second-order valence-corrected chi connectivity index (χ2v) is 4.16. The predicted octanol–water partition coefficient (Wildman–Crippen LogP) is 2.48. The van der Waals surface area contributed by atoms with Gasteiger partial charge in [-0.2, -0.15) is 0 Å². The van der Waals surface area contributed by atoms with Crippen LogP contribution in [0.25, 0.3) is 0 Å². The van der Waals surface area contributed by atoms with E-state index in [1.54, 1.807) is 18.5 Å². The molecule has 0 aliphatic carbocycles. The number of ether oxygens (including phenoxy) is 1. The van der Waals surface area contributed by atoms with Gasteiger partial charge in [0.05, 0.1) is 6.61 Å². The monoisotopic (exact) mass is 258 g/mol. The first kappa shape index (κ1) is 13.4. The summed E-state index contributed by atoms with van der Waals surface area (Å²) in [5.41, 5.74) is 2.00. The molecule has 0 atom stereocenters. The first-order chi connectivity index (χ1) is 9.31. The first-order valence-electron chi connectivity index (χ1n) is 6.34. The minimum Gasteiger partial charge on any atom is -0.504 e. The van der Waals surface area contributed by atoms with Crippen molar-refractivity contribution in [2.45, 2.75) is 20.0 Å². The van der Waals surface area contributed by atoms with Gasteiger partial charge in [-0.05, 0) is 30.7 Å². The SMILES string of the molecule is CCOc1cccc(CNCc2ccncc2)c1O. The molecule has 0 aliphatic heterocycles. The number of aromatic nitrogens is 1. The van der Waals surface area contributed by atoms with Crippen LogP contribution in [0.2, 0.25) is 0 Å². The molecule has 100 valence electrons. The van der Waals surface area contributed by atoms with Crippen LogP contribution in [0.3, 0.4) is 0 Å². The van der Waals surface area contributed by atoms with Crippen LogP contribution in [0, 0.1) is 0 Å². The molecule has 0 unspecified atom stereocenters. The number of phenols is 1. The van der Waals surface area contributed by atoms with Crippen LogP contribution in [-0.2, 0) is 13.1 Å². The summed E-state index contributed by atoms with van der Waals surface area (Å²) in [6, 6.07) is 9.46. The lowest BCUT2D eigenvalue weighted by atomic mass is 10.2. The van der Waals surface area contributed by atoms with E-state index in [1.807, 2.05) is 31.2 Å². The Labute approximate surface area is 113 Å². The molecule has 0 amide bonds. The molecule has 1 aromatic heterocycles. The fraction of sp³-hybridized carbons (Fsp3) is 0.267. The Morgan fingerprint density at radius 2 is 1.95 bits per heavy atom. The fourth-order valence-corrected chi connectivity index (χ4v) is 1.82. The highest BCUT2D eigenvalue weighted by atomic mass is 16.5. The number of hydrogen-bond acceptors (Lipinski definition) is 4. The third-order valence-electron chi connectivity index (χ3n) is 2.78. The zero-order valence-corrected chi connectivity index (χ0v) is 11.0. The van der Waals surface area contributed by atoms with Crippen LogP contribution >= 0.6 is 0 Å². The molecule has 0 aliphatic rings. The number of aromatic hydroxyl groups is 1. The highest BCUT2D eigenvalue weighted by Crippen LogP contribution is 2.29. The van der Waals surface area contributed by atoms with Gasteiger partial charge in [0, 0.05) is 31.0 Å². The Hall–Kier alpha value is -2.07. The number of nitrogens with zero attached hydrogens (tertiary/aromatic N) is 1. The van der Waals surface area contributed by atoms with E-state index in [9.17, 15) is 5.11 Å². The van der Waals surface area contributed by atoms with Crippen molar-refractivity contribution < 1.29 is 9.84 Å². The van der Waals surface area contributed by atoms with Crippen molar-refractivity contribution in [1.82, 2.24) is 10.3 Å². The molecular formula is C15H18N2O2. The van der Waals surface area contributed by atoms with E-state index in [1.165, 1.54) is 0 Å². The van der Waals surface area contributed by atoms with Crippen molar-refractivity contribution in [1.29, 1.82) is 0 Å². The van der Waals surface area contributed by atoms with Gasteiger partial charge >= 0.3 is 0 Å². The first-order valence-corrected chi connectivity index (χ1v) is 6.34. The van der Waals surface area contributed by atoms with Crippen LogP contribution in [0.15, 0.2) is 42.7 Å². The molecule has 2 aromatic rings. The van der Waals surface area contributed by atoms with Crippen LogP contribution in [0.4, 0.5) is 0 Å². The zero-order valence-electron chi connectivity index (χ0n) is 11.0. The average Bonchev–Trinajstić information content (AvgIpc) is 2.44. The van der Waals surface area contributed by atoms with E-state index in [0.717, 1.165) is 17.7 Å². The molecule has 4 nitrogen and oxygen atoms in total. The molecule has 0 saturated heterocycles. The lowest BCUT2D eigenvalue weighted by molar-refractivity contribution is 0.316. The Balaban J connectivity index is 1.94. The smallest absolute Gasteiger partial charge is 0.162 e. The molecule has 19 heavy (non-hydrogen) atoms. The maximum Gasteiger partial charge on any atom is 0.162 e. The Bertz CT molecular complexity index is 515. The van der Waals surface area contributed by atoms with Crippen molar-refractivity contribution in [3.8, 4) is 11.5 Å². The van der Waals surface area contributed by atoms with Crippen molar-refractivity contribution >= 4 is 0 Å². The van der Waals surface area contributed by atoms with Gasteiger partial charge in [0.15, 0.2) is 11.5 Å². The van der Waals surface area contributed by atoms with Gasteiger partial charge in [-0.25, -0.2) is 0 Å². The van der Waals surface area contributed by atoms with Crippen LogP contribution in [0.1, 0.15) is 18.1 Å². The molecule has 1 heterocycles. The number of pyridine rings is 1. The molecule has 2 N–H and O–H groups in total. The molecule has 0 fully saturated rings. The summed E-state index contributed by atoms with van der Waals surface area (Å²) in [6.07, 6.45) is 3.54. The van der Waals surface area contributed by atoms with Crippen LogP contribution in [-0.4, -0.2) is 16.7 Å². The van der Waals surface area contributed by atoms with E-state index in [0.29, 0.717) is 18.9 Å². The van der Waals surface area contributed by atoms with Crippen molar-refractivity contribution in [2.24, 2.45) is 0 Å². The van der Waals surface area contributed by atoms with Gasteiger partial charge in [0.25, 0.3) is 0 Å². The summed E-state index contributed by atoms with van der Waals surface area (Å²) in [5, 5.41) is 13.3. The normalized spacial score (nSPS) is 10.4. The van der Waals surface area contributed by atoms with Gasteiger partial charge in [-0.1, -0.05) is 12.1 Å². The number of benzene rings is 1. The van der Waals surface area contributed by atoms with Gasteiger partial charge in [0.1, 0.15) is 0 Å². The van der Waals surface area contributed by atoms with E-state index < -0.39 is 0 Å². The maximum absolute atomic E-state index is 10.0. The number of rotatable bonds is 6. The Morgan fingerprint density at radius 1 is 1.16 bits per heavy atom. The van der Waals surface area contributed by atoms with Crippen LogP contribution < -0.4 is 10.1 Å². The molecular weight excluding hydrogens is 240 g/mol. The summed E-state index contributed by atoms with van der Waals surface area (Å²) in [7, 11) is 0. The molecule has 0 bridgehead atoms. The Morgan fingerprint density at radius 3 is 2.68 bits per heavy atom. The standard InChI is InChI=1S/C15H18N2O2/c1-2-19-14-5-3-4-13(15(14)18)11-17-10-12-6-8-16-9-7-12/h3-9,17-18H,2,10-11H2,1H3. The largest absolute Gasteiger partial charge is 0.504 e. The molecule has 2 rings (SSSR count). The summed E-state index contributed by atoms with van der Waals surface area (Å²) in [6.45, 7) is 3.77. The second-order valence-electron chi connectivity index (χ2n) is 4.16. The molecule has 1 aromatic carbocycles. The Kier molecular flexibility index (Phi) is 4.75. The predicted molar refractivity (Wildman–Crippen MR) is 74.1 cm³/mol. The summed E-state index contributed by atoms with van der Waals surface area (Å²) < 4.78 is 5.36. The third kappa shape index (κ3) is 3.69. The third-order valence-corrected chi connectivity index (χ3v) is 2.78. The number of para-hydroxylation sites is 1. The molecule has 0 spiro atoms. The zero-order chi connectivity index (χ0) is 13.5. The summed E-state index contributed by atoms with van der Waals surface area (Å²) in [4.78, 5) is 3.97. The van der Waals surface area contributed by atoms with Crippen molar-refractivity contribution in [3.05, 3.63) is 53.9 Å². The highest BCUT2D eigenvalue weighted by Gasteiger charge is 2.07. The second kappa shape index (κ2) is 6.75. The average molecular weight is 258 g/mol. The topological polar surface area (TPSA) is 54.4 Å². The van der Waals surface area contributed by atoms with Crippen molar-refractivity contribution in [2.75, 3.05) is 6.61 Å². The fourth-order valence-electron chi connectivity index (χ4n) is 1.82. The number of phenolic OH excluding ortho intramolecular Hbond substituents is 1. The van der Waals surface area contributed by atoms with E-state index >= 15 is 0 Å². The van der Waals surface area contributed by atoms with Gasteiger partial charge in [0.2, 0.25) is 0 Å². The van der Waals surface area contributed by atoms with E-state index in [4.69, 9.17) is 4.74 Å². The molecule has 0 saturated carbocycles. The van der Waals surface area contributed by atoms with Gasteiger partial charge in [-0.3, -0.25) is 4.98 Å². The highest BCUT2D eigenvalue weighted by molar-refractivity contribution is 5.45. The minimum absolute atomic E-state index is 0.214. The van der Waals surface area contributed by atoms with Crippen molar-refractivity contribution in [3.63, 3.8) is 0 Å². The van der Waals surface area contributed by atoms with E-state index in [-0.39, 0.29) is 5.75 Å². The van der Waals surface area contributed by atoms with Crippen LogP contribution in [0.5, 0.6) is 11.5 Å². The number of nitrogens with one attached hydrogen (secondary N) is 1. The lowest BCUT2D eigenvalue weighted by Gasteiger charge is -2.11. The minimum atomic E-state index is 0.214. The van der Waals surface area contributed by atoms with Gasteiger partial charge in [-0.15, -0.1) is 0 Å². The van der Waals surface area contributed by atoms with Gasteiger partial charge < -0.3 is 15.2 Å².